The summed E-state index contributed by atoms with van der Waals surface area (Å²) < 4.78 is 0. The SMILES string of the molecule is NCC#Cc1ccc(NC(=O)c2ccn[nH]2)cc1. The van der Waals surface area contributed by atoms with Crippen molar-refractivity contribution in [3.05, 3.63) is 47.8 Å². The van der Waals surface area contributed by atoms with E-state index < -0.39 is 0 Å². The number of anilines is 1. The highest BCUT2D eigenvalue weighted by atomic mass is 16.1. The predicted molar refractivity (Wildman–Crippen MR) is 68.9 cm³/mol. The molecule has 0 bridgehead atoms. The molecule has 0 fully saturated rings. The Morgan fingerprint density at radius 3 is 2.72 bits per heavy atom. The van der Waals surface area contributed by atoms with Crippen LogP contribution in [0, 0.1) is 11.8 Å². The summed E-state index contributed by atoms with van der Waals surface area (Å²) in [6, 6.07) is 8.83. The first-order valence-electron chi connectivity index (χ1n) is 5.39. The summed E-state index contributed by atoms with van der Waals surface area (Å²) in [5.41, 5.74) is 7.27. The van der Waals surface area contributed by atoms with Crippen molar-refractivity contribution in [2.45, 2.75) is 0 Å². The Balaban J connectivity index is 2.04. The molecule has 90 valence electrons. The fourth-order valence-corrected chi connectivity index (χ4v) is 1.37. The van der Waals surface area contributed by atoms with Crippen LogP contribution in [0.4, 0.5) is 5.69 Å². The van der Waals surface area contributed by atoms with Gasteiger partial charge in [-0.1, -0.05) is 11.8 Å². The van der Waals surface area contributed by atoms with E-state index in [2.05, 4.69) is 27.4 Å². The Morgan fingerprint density at radius 2 is 2.11 bits per heavy atom. The summed E-state index contributed by atoms with van der Waals surface area (Å²) in [7, 11) is 0. The van der Waals surface area contributed by atoms with Crippen LogP contribution in [0.25, 0.3) is 0 Å². The second-order valence-corrected chi connectivity index (χ2v) is 3.51. The number of nitrogens with two attached hydrogens (primary N) is 1. The zero-order valence-electron chi connectivity index (χ0n) is 9.60. The molecular formula is C13H12N4O. The molecule has 0 unspecified atom stereocenters. The van der Waals surface area contributed by atoms with Gasteiger partial charge in [0.15, 0.2) is 0 Å². The lowest BCUT2D eigenvalue weighted by Gasteiger charge is -2.03. The van der Waals surface area contributed by atoms with Crippen molar-refractivity contribution >= 4 is 11.6 Å². The number of hydrogen-bond acceptors (Lipinski definition) is 3. The number of nitrogens with zero attached hydrogens (tertiary/aromatic N) is 1. The lowest BCUT2D eigenvalue weighted by Crippen LogP contribution is -2.12. The highest BCUT2D eigenvalue weighted by Gasteiger charge is 2.06. The molecule has 0 aliphatic rings. The monoisotopic (exact) mass is 240 g/mol. The number of carbonyl (C=O) groups is 1. The molecule has 4 N–H and O–H groups in total. The fourth-order valence-electron chi connectivity index (χ4n) is 1.37. The molecule has 0 atom stereocenters. The third-order valence-electron chi connectivity index (χ3n) is 2.22. The maximum atomic E-state index is 11.7. The fraction of sp³-hybridized carbons (Fsp3) is 0.0769. The van der Waals surface area contributed by atoms with Crippen molar-refractivity contribution in [3.63, 3.8) is 0 Å². The van der Waals surface area contributed by atoms with Crippen molar-refractivity contribution in [1.29, 1.82) is 0 Å². The van der Waals surface area contributed by atoms with Crippen LogP contribution < -0.4 is 11.1 Å². The maximum Gasteiger partial charge on any atom is 0.273 e. The molecule has 1 aromatic carbocycles. The van der Waals surface area contributed by atoms with Gasteiger partial charge in [-0.25, -0.2) is 0 Å². The van der Waals surface area contributed by atoms with Gasteiger partial charge in [-0.3, -0.25) is 9.89 Å². The van der Waals surface area contributed by atoms with Crippen molar-refractivity contribution in [3.8, 4) is 11.8 Å². The van der Waals surface area contributed by atoms with Crippen LogP contribution in [-0.4, -0.2) is 22.6 Å². The van der Waals surface area contributed by atoms with Gasteiger partial charge < -0.3 is 11.1 Å². The summed E-state index contributed by atoms with van der Waals surface area (Å²) in [5.74, 6) is 5.44. The Hall–Kier alpha value is -2.58. The first kappa shape index (κ1) is 11.9. The predicted octanol–water partition coefficient (Wildman–Crippen LogP) is 0.972. The van der Waals surface area contributed by atoms with Crippen molar-refractivity contribution in [2.75, 3.05) is 11.9 Å². The van der Waals surface area contributed by atoms with Gasteiger partial charge in [0.25, 0.3) is 5.91 Å². The number of nitrogens with one attached hydrogen (secondary N) is 2. The highest BCUT2D eigenvalue weighted by Crippen LogP contribution is 2.09. The summed E-state index contributed by atoms with van der Waals surface area (Å²) in [4.78, 5) is 11.7. The lowest BCUT2D eigenvalue weighted by molar-refractivity contribution is 0.102. The molecule has 0 aliphatic carbocycles. The average Bonchev–Trinajstić information content (AvgIpc) is 2.92. The van der Waals surface area contributed by atoms with Crippen LogP contribution in [0.1, 0.15) is 16.1 Å². The third kappa shape index (κ3) is 2.97. The topological polar surface area (TPSA) is 83.8 Å². The van der Waals surface area contributed by atoms with E-state index in [0.29, 0.717) is 17.9 Å². The number of hydrogen-bond donors (Lipinski definition) is 3. The molecule has 0 saturated carbocycles. The van der Waals surface area contributed by atoms with Gasteiger partial charge in [0.1, 0.15) is 5.69 Å². The van der Waals surface area contributed by atoms with Crippen LogP contribution in [0.15, 0.2) is 36.5 Å². The minimum atomic E-state index is -0.228. The summed E-state index contributed by atoms with van der Waals surface area (Å²) >= 11 is 0. The number of benzene rings is 1. The zero-order valence-corrected chi connectivity index (χ0v) is 9.60. The van der Waals surface area contributed by atoms with Crippen LogP contribution in [0.5, 0.6) is 0 Å². The van der Waals surface area contributed by atoms with E-state index in [1.807, 2.05) is 12.1 Å². The molecule has 1 amide bonds. The maximum absolute atomic E-state index is 11.7. The van der Waals surface area contributed by atoms with E-state index >= 15 is 0 Å². The summed E-state index contributed by atoms with van der Waals surface area (Å²) in [5, 5.41) is 9.06. The van der Waals surface area contributed by atoms with Gasteiger partial charge >= 0.3 is 0 Å². The van der Waals surface area contributed by atoms with Gasteiger partial charge in [-0.2, -0.15) is 5.10 Å². The van der Waals surface area contributed by atoms with Crippen LogP contribution in [0.2, 0.25) is 0 Å². The molecule has 0 radical (unpaired) electrons. The van der Waals surface area contributed by atoms with E-state index in [4.69, 9.17) is 5.73 Å². The van der Waals surface area contributed by atoms with Crippen molar-refractivity contribution in [1.82, 2.24) is 10.2 Å². The Labute approximate surface area is 104 Å². The van der Waals surface area contributed by atoms with Crippen molar-refractivity contribution in [2.24, 2.45) is 5.73 Å². The van der Waals surface area contributed by atoms with E-state index in [9.17, 15) is 4.79 Å². The number of carbonyl (C=O) groups excluding carboxylic acids is 1. The van der Waals surface area contributed by atoms with Gasteiger partial charge in [-0.05, 0) is 30.3 Å². The molecular weight excluding hydrogens is 228 g/mol. The first-order chi connectivity index (χ1) is 8.79. The molecule has 2 rings (SSSR count). The largest absolute Gasteiger partial charge is 0.321 e. The van der Waals surface area contributed by atoms with Gasteiger partial charge in [0, 0.05) is 17.4 Å². The number of H-pyrrole nitrogens is 1. The van der Waals surface area contributed by atoms with Gasteiger partial charge in [-0.15, -0.1) is 0 Å². The Morgan fingerprint density at radius 1 is 1.33 bits per heavy atom. The molecule has 0 spiro atoms. The molecule has 0 saturated heterocycles. The Kier molecular flexibility index (Phi) is 3.74. The number of rotatable bonds is 2. The summed E-state index contributed by atoms with van der Waals surface area (Å²) in [6.07, 6.45) is 1.53. The van der Waals surface area contributed by atoms with Crippen molar-refractivity contribution < 1.29 is 4.79 Å². The molecule has 2 aromatic rings. The minimum Gasteiger partial charge on any atom is -0.321 e. The normalized spacial score (nSPS) is 9.39. The Bertz CT molecular complexity index is 576. The van der Waals surface area contributed by atoms with E-state index in [1.165, 1.54) is 6.20 Å². The standard InChI is InChI=1S/C13H12N4O/c14-8-1-2-10-3-5-11(6-4-10)16-13(18)12-7-9-15-17-12/h3-7,9H,8,14H2,(H,15,17)(H,16,18). The average molecular weight is 240 g/mol. The molecule has 1 heterocycles. The van der Waals surface area contributed by atoms with Crippen LogP contribution >= 0.6 is 0 Å². The van der Waals surface area contributed by atoms with E-state index in [0.717, 1.165) is 5.56 Å². The summed E-state index contributed by atoms with van der Waals surface area (Å²) in [6.45, 7) is 0.332. The number of amides is 1. The van der Waals surface area contributed by atoms with Gasteiger partial charge in [0.2, 0.25) is 0 Å². The molecule has 1 aromatic heterocycles. The van der Waals surface area contributed by atoms with E-state index in [-0.39, 0.29) is 5.91 Å². The first-order valence-corrected chi connectivity index (χ1v) is 5.39. The second kappa shape index (κ2) is 5.66. The van der Waals surface area contributed by atoms with Crippen LogP contribution in [0.3, 0.4) is 0 Å². The highest BCUT2D eigenvalue weighted by molar-refractivity contribution is 6.02. The molecule has 18 heavy (non-hydrogen) atoms. The molecule has 0 aliphatic heterocycles. The second-order valence-electron chi connectivity index (χ2n) is 3.51. The zero-order chi connectivity index (χ0) is 12.8. The smallest absolute Gasteiger partial charge is 0.273 e. The third-order valence-corrected chi connectivity index (χ3v) is 2.22. The molecule has 5 heteroatoms. The quantitative estimate of drug-likeness (QED) is 0.684. The molecule has 5 nitrogen and oxygen atoms in total. The number of aromatic nitrogens is 2. The van der Waals surface area contributed by atoms with Crippen LogP contribution in [-0.2, 0) is 0 Å². The lowest BCUT2D eigenvalue weighted by atomic mass is 10.2. The van der Waals surface area contributed by atoms with E-state index in [1.54, 1.807) is 18.2 Å². The minimum absolute atomic E-state index is 0.228. The number of aromatic amines is 1. The van der Waals surface area contributed by atoms with Gasteiger partial charge in [0.05, 0.1) is 6.54 Å².